The molecule has 3 rings (SSSR count). The fraction of sp³-hybridized carbons (Fsp3) is 0.368. The van der Waals surface area contributed by atoms with Gasteiger partial charge in [-0.1, -0.05) is 13.3 Å². The van der Waals surface area contributed by atoms with Gasteiger partial charge >= 0.3 is 0 Å². The maximum Gasteiger partial charge on any atom is 0.134 e. The lowest BCUT2D eigenvalue weighted by molar-refractivity contribution is 0.309. The molecule has 0 unspecified atom stereocenters. The number of imidazole rings is 1. The molecule has 126 valence electrons. The minimum atomic E-state index is 0.768. The summed E-state index contributed by atoms with van der Waals surface area (Å²) >= 11 is 0. The average Bonchev–Trinajstić information content (AvgIpc) is 2.95. The fourth-order valence-corrected chi connectivity index (χ4v) is 2.76. The van der Waals surface area contributed by atoms with Crippen LogP contribution in [0.1, 0.15) is 25.3 Å². The van der Waals surface area contributed by atoms with Crippen molar-refractivity contribution in [3.63, 3.8) is 0 Å². The van der Waals surface area contributed by atoms with E-state index in [1.165, 1.54) is 5.56 Å². The number of aromatic nitrogens is 3. The minimum absolute atomic E-state index is 0.768. The molecule has 0 atom stereocenters. The van der Waals surface area contributed by atoms with E-state index in [-0.39, 0.29) is 0 Å². The van der Waals surface area contributed by atoms with Crippen molar-refractivity contribution >= 4 is 22.5 Å². The first kappa shape index (κ1) is 16.3. The van der Waals surface area contributed by atoms with Gasteiger partial charge in [-0.3, -0.25) is 0 Å². The Morgan fingerprint density at radius 1 is 1.21 bits per heavy atom. The standard InChI is InChI=1S/C19H24N4O/c1-5-6-9-24-15-7-8-17(14(2)10-15)23(4)19-11-18-16(12-20-19)21-13-22(18)3/h7-8,10-13H,5-6,9H2,1-4H3. The monoisotopic (exact) mass is 324 g/mol. The Morgan fingerprint density at radius 3 is 2.79 bits per heavy atom. The first-order valence-electron chi connectivity index (χ1n) is 8.34. The first-order valence-corrected chi connectivity index (χ1v) is 8.34. The Balaban J connectivity index is 1.85. The zero-order valence-corrected chi connectivity index (χ0v) is 14.8. The molecule has 0 fully saturated rings. The highest BCUT2D eigenvalue weighted by atomic mass is 16.5. The number of nitrogens with zero attached hydrogens (tertiary/aromatic N) is 4. The number of unbranched alkanes of at least 4 members (excludes halogenated alkanes) is 1. The second-order valence-corrected chi connectivity index (χ2v) is 6.10. The minimum Gasteiger partial charge on any atom is -0.494 e. The lowest BCUT2D eigenvalue weighted by Gasteiger charge is -2.21. The van der Waals surface area contributed by atoms with Crippen molar-refractivity contribution < 1.29 is 4.74 Å². The van der Waals surface area contributed by atoms with Gasteiger partial charge in [-0.05, 0) is 37.1 Å². The summed E-state index contributed by atoms with van der Waals surface area (Å²) in [5.41, 5.74) is 4.26. The highest BCUT2D eigenvalue weighted by Crippen LogP contribution is 2.29. The van der Waals surface area contributed by atoms with Crippen molar-refractivity contribution in [2.45, 2.75) is 26.7 Å². The van der Waals surface area contributed by atoms with Crippen LogP contribution in [-0.2, 0) is 7.05 Å². The Morgan fingerprint density at radius 2 is 2.04 bits per heavy atom. The van der Waals surface area contributed by atoms with E-state index in [4.69, 9.17) is 4.74 Å². The molecule has 0 aliphatic heterocycles. The van der Waals surface area contributed by atoms with E-state index in [9.17, 15) is 0 Å². The SMILES string of the molecule is CCCCOc1ccc(N(C)c2cc3c(cn2)ncn3C)c(C)c1. The molecule has 0 spiro atoms. The third kappa shape index (κ3) is 3.20. The summed E-state index contributed by atoms with van der Waals surface area (Å²) in [6.45, 7) is 5.03. The molecule has 0 saturated heterocycles. The van der Waals surface area contributed by atoms with E-state index in [1.807, 2.05) is 37.3 Å². The molecular weight excluding hydrogens is 300 g/mol. The maximum absolute atomic E-state index is 5.78. The Hall–Kier alpha value is -2.56. The fourth-order valence-electron chi connectivity index (χ4n) is 2.76. The van der Waals surface area contributed by atoms with Gasteiger partial charge in [0.1, 0.15) is 17.1 Å². The highest BCUT2D eigenvalue weighted by molar-refractivity contribution is 5.79. The van der Waals surface area contributed by atoms with Crippen LogP contribution in [0.5, 0.6) is 5.75 Å². The number of aryl methyl sites for hydroxylation is 2. The molecule has 0 aliphatic rings. The molecule has 5 nitrogen and oxygen atoms in total. The number of anilines is 2. The highest BCUT2D eigenvalue weighted by Gasteiger charge is 2.11. The second-order valence-electron chi connectivity index (χ2n) is 6.10. The quantitative estimate of drug-likeness (QED) is 0.637. The van der Waals surface area contributed by atoms with Crippen LogP contribution in [0.2, 0.25) is 0 Å². The number of pyridine rings is 1. The number of ether oxygens (including phenoxy) is 1. The van der Waals surface area contributed by atoms with Gasteiger partial charge in [0.15, 0.2) is 0 Å². The molecule has 2 heterocycles. The van der Waals surface area contributed by atoms with E-state index < -0.39 is 0 Å². The summed E-state index contributed by atoms with van der Waals surface area (Å²) in [5.74, 6) is 1.82. The second kappa shape index (κ2) is 6.91. The largest absolute Gasteiger partial charge is 0.494 e. The van der Waals surface area contributed by atoms with Crippen LogP contribution >= 0.6 is 0 Å². The van der Waals surface area contributed by atoms with Crippen molar-refractivity contribution in [1.82, 2.24) is 14.5 Å². The van der Waals surface area contributed by atoms with Gasteiger partial charge < -0.3 is 14.2 Å². The lowest BCUT2D eigenvalue weighted by atomic mass is 10.1. The number of hydrogen-bond acceptors (Lipinski definition) is 4. The zero-order chi connectivity index (χ0) is 17.1. The van der Waals surface area contributed by atoms with E-state index >= 15 is 0 Å². The van der Waals surface area contributed by atoms with Gasteiger partial charge in [0, 0.05) is 25.8 Å². The summed E-state index contributed by atoms with van der Waals surface area (Å²) in [7, 11) is 4.03. The summed E-state index contributed by atoms with van der Waals surface area (Å²) in [5, 5.41) is 0. The van der Waals surface area contributed by atoms with Gasteiger partial charge in [0.05, 0.1) is 24.6 Å². The predicted molar refractivity (Wildman–Crippen MR) is 98.2 cm³/mol. The third-order valence-corrected chi connectivity index (χ3v) is 4.24. The zero-order valence-electron chi connectivity index (χ0n) is 14.8. The van der Waals surface area contributed by atoms with Gasteiger partial charge in [-0.15, -0.1) is 0 Å². The number of fused-ring (bicyclic) bond motifs is 1. The topological polar surface area (TPSA) is 43.2 Å². The van der Waals surface area contributed by atoms with E-state index in [1.54, 1.807) is 0 Å². The van der Waals surface area contributed by atoms with Crippen LogP contribution < -0.4 is 9.64 Å². The first-order chi connectivity index (χ1) is 11.6. The number of benzene rings is 1. The molecule has 0 radical (unpaired) electrons. The summed E-state index contributed by atoms with van der Waals surface area (Å²) in [6, 6.07) is 8.26. The Kier molecular flexibility index (Phi) is 4.69. The normalized spacial score (nSPS) is 11.0. The van der Waals surface area contributed by atoms with Crippen molar-refractivity contribution in [3.05, 3.63) is 42.4 Å². The van der Waals surface area contributed by atoms with Gasteiger partial charge in [0.25, 0.3) is 0 Å². The predicted octanol–water partition coefficient (Wildman–Crippen LogP) is 4.22. The Bertz CT molecular complexity index is 840. The summed E-state index contributed by atoms with van der Waals surface area (Å²) in [4.78, 5) is 11.0. The van der Waals surface area contributed by atoms with Crippen LogP contribution in [-0.4, -0.2) is 28.2 Å². The molecule has 1 aromatic carbocycles. The van der Waals surface area contributed by atoms with Crippen molar-refractivity contribution in [2.75, 3.05) is 18.6 Å². The van der Waals surface area contributed by atoms with Gasteiger partial charge in [0.2, 0.25) is 0 Å². The van der Waals surface area contributed by atoms with E-state index in [0.29, 0.717) is 0 Å². The molecule has 0 amide bonds. The molecule has 0 N–H and O–H groups in total. The van der Waals surface area contributed by atoms with Crippen LogP contribution in [0, 0.1) is 6.92 Å². The van der Waals surface area contributed by atoms with Crippen LogP contribution in [0.15, 0.2) is 36.8 Å². The number of hydrogen-bond donors (Lipinski definition) is 0. The van der Waals surface area contributed by atoms with E-state index in [0.717, 1.165) is 47.7 Å². The third-order valence-electron chi connectivity index (χ3n) is 4.24. The molecule has 0 aliphatic carbocycles. The van der Waals surface area contributed by atoms with Crippen LogP contribution in [0.25, 0.3) is 11.0 Å². The van der Waals surface area contributed by atoms with E-state index in [2.05, 4.69) is 46.9 Å². The lowest BCUT2D eigenvalue weighted by Crippen LogP contribution is -2.12. The molecule has 24 heavy (non-hydrogen) atoms. The summed E-state index contributed by atoms with van der Waals surface area (Å²) < 4.78 is 7.79. The Labute approximate surface area is 142 Å². The van der Waals surface area contributed by atoms with Crippen LogP contribution in [0.4, 0.5) is 11.5 Å². The van der Waals surface area contributed by atoms with Crippen molar-refractivity contribution in [2.24, 2.45) is 7.05 Å². The molecule has 2 aromatic heterocycles. The van der Waals surface area contributed by atoms with Gasteiger partial charge in [-0.25, -0.2) is 9.97 Å². The summed E-state index contributed by atoms with van der Waals surface area (Å²) in [6.07, 6.45) is 5.85. The van der Waals surface area contributed by atoms with Crippen molar-refractivity contribution in [1.29, 1.82) is 0 Å². The molecule has 0 bridgehead atoms. The number of rotatable bonds is 6. The molecule has 5 heteroatoms. The van der Waals surface area contributed by atoms with Gasteiger partial charge in [-0.2, -0.15) is 0 Å². The van der Waals surface area contributed by atoms with Crippen molar-refractivity contribution in [3.8, 4) is 5.75 Å². The smallest absolute Gasteiger partial charge is 0.134 e. The average molecular weight is 324 g/mol. The molecule has 0 saturated carbocycles. The maximum atomic E-state index is 5.78. The van der Waals surface area contributed by atoms with Crippen LogP contribution in [0.3, 0.4) is 0 Å². The molecular formula is C19H24N4O. The molecule has 3 aromatic rings.